The fourth-order valence-corrected chi connectivity index (χ4v) is 10.1. The molecule has 0 radical (unpaired) electrons. The molecule has 8 N–H and O–H groups in total. The lowest BCUT2D eigenvalue weighted by atomic mass is 9.80. The molecule has 24 heteroatoms. The number of phosphoric acid groups is 3. The Hall–Kier alpha value is -2.13. The van der Waals surface area contributed by atoms with Crippen molar-refractivity contribution in [1.82, 2.24) is 10.6 Å². The molecule has 56 heavy (non-hydrogen) atoms. The summed E-state index contributed by atoms with van der Waals surface area (Å²) in [6, 6.07) is 22.3. The summed E-state index contributed by atoms with van der Waals surface area (Å²) >= 11 is 0. The largest absolute Gasteiger partial charge is 0.490 e. The van der Waals surface area contributed by atoms with E-state index in [9.17, 15) is 43.1 Å². The van der Waals surface area contributed by atoms with Crippen molar-refractivity contribution >= 4 is 69.5 Å². The van der Waals surface area contributed by atoms with E-state index >= 15 is 0 Å². The summed E-state index contributed by atoms with van der Waals surface area (Å²) in [4.78, 5) is 61.9. The van der Waals surface area contributed by atoms with Crippen LogP contribution < -0.4 is 16.1 Å². The van der Waals surface area contributed by atoms with Crippen LogP contribution in [0.25, 0.3) is 0 Å². The van der Waals surface area contributed by atoms with Gasteiger partial charge in [-0.2, -0.15) is 8.62 Å². The zero-order chi connectivity index (χ0) is 41.4. The maximum atomic E-state index is 12.5. The molecule has 0 aromatic heterocycles. The fourth-order valence-electron chi connectivity index (χ4n) is 4.90. The molecule has 0 spiro atoms. The van der Waals surface area contributed by atoms with E-state index in [0.717, 1.165) is 5.56 Å². The molecule has 1 aliphatic rings. The van der Waals surface area contributed by atoms with E-state index in [4.69, 9.17) is 23.8 Å². The predicted octanol–water partition coefficient (Wildman–Crippen LogP) is 3.88. The van der Waals surface area contributed by atoms with Gasteiger partial charge in [0, 0.05) is 36.2 Å². The standard InChI is InChI=1S/C32H46BN2O16P3S2/c1-32(2,22-35-30(36)14-10-11-19-34-31(37)25-15-17-26(18-16-25)33(38)39)56-55-23-47-28-20-27(24-12-8-6-4-3-5-7-9-13-24)49-29(28)21-48-53(43,44)51-54(45,46)50-52(40,41)42/h3-9,12-13,15-18,27-29,38-39H,10-11,14,19-23H2,1-2H3,(H,34,37)(H,35,36)(H,43,44)(H,45,46)(H2,40,41,42)/t27-,28?,29-/m1/s1. The van der Waals surface area contributed by atoms with Crippen molar-refractivity contribution < 1.29 is 75.5 Å². The van der Waals surface area contributed by atoms with Crippen LogP contribution in [0.1, 0.15) is 61.6 Å². The van der Waals surface area contributed by atoms with Gasteiger partial charge in [-0.05, 0) is 49.8 Å². The Kier molecular flexibility index (Phi) is 19.7. The quantitative estimate of drug-likeness (QED) is 0.0274. The van der Waals surface area contributed by atoms with Crippen LogP contribution in [0.2, 0.25) is 0 Å². The number of rotatable bonds is 22. The number of phosphoric ester groups is 1. The third-order valence-electron chi connectivity index (χ3n) is 7.55. The molecule has 0 saturated carbocycles. The monoisotopic (exact) mass is 882 g/mol. The summed E-state index contributed by atoms with van der Waals surface area (Å²) in [5.74, 6) is -0.339. The van der Waals surface area contributed by atoms with Gasteiger partial charge in [0.15, 0.2) is 0 Å². The van der Waals surface area contributed by atoms with Gasteiger partial charge in [-0.1, -0.05) is 88.3 Å². The Bertz CT molecular complexity index is 1770. The summed E-state index contributed by atoms with van der Waals surface area (Å²) in [5, 5.41) is 24.0. The first-order valence-electron chi connectivity index (χ1n) is 17.0. The Labute approximate surface area is 332 Å². The van der Waals surface area contributed by atoms with Gasteiger partial charge in [-0.3, -0.25) is 14.1 Å². The van der Waals surface area contributed by atoms with E-state index in [0.29, 0.717) is 31.5 Å². The summed E-state index contributed by atoms with van der Waals surface area (Å²) in [7, 11) is -15.5. The minimum Gasteiger partial charge on any atom is -0.423 e. The van der Waals surface area contributed by atoms with Crippen LogP contribution in [0.3, 0.4) is 0 Å². The van der Waals surface area contributed by atoms with Gasteiger partial charge in [0.25, 0.3) is 5.91 Å². The number of carbonyl (C=O) groups is 2. The topological polar surface area (TPSA) is 277 Å². The van der Waals surface area contributed by atoms with Crippen molar-refractivity contribution in [2.45, 2.75) is 62.6 Å². The lowest BCUT2D eigenvalue weighted by Gasteiger charge is -2.24. The number of benzene rings is 1. The zero-order valence-electron chi connectivity index (χ0n) is 30.4. The second-order valence-corrected chi connectivity index (χ2v) is 20.1. The maximum Gasteiger partial charge on any atom is 0.490 e. The Morgan fingerprint density at radius 1 is 0.875 bits per heavy atom. The lowest BCUT2D eigenvalue weighted by Crippen LogP contribution is -2.36. The Morgan fingerprint density at radius 3 is 2.11 bits per heavy atom. The molecular weight excluding hydrogens is 836 g/mol. The minimum absolute atomic E-state index is 0.121. The van der Waals surface area contributed by atoms with Crippen molar-refractivity contribution in [3.05, 3.63) is 90.0 Å². The van der Waals surface area contributed by atoms with E-state index in [1.54, 1.807) is 12.1 Å². The van der Waals surface area contributed by atoms with Gasteiger partial charge in [-0.15, -0.1) is 0 Å². The van der Waals surface area contributed by atoms with E-state index in [1.807, 2.05) is 56.3 Å². The third-order valence-corrected chi connectivity index (χ3v) is 14.3. The van der Waals surface area contributed by atoms with Crippen molar-refractivity contribution in [3.8, 4) is 0 Å². The van der Waals surface area contributed by atoms with Gasteiger partial charge in [0.05, 0.1) is 18.8 Å². The molecule has 0 bridgehead atoms. The third kappa shape index (κ3) is 19.1. The van der Waals surface area contributed by atoms with Crippen molar-refractivity contribution in [2.75, 3.05) is 25.6 Å². The van der Waals surface area contributed by atoms with Gasteiger partial charge >= 0.3 is 30.6 Å². The van der Waals surface area contributed by atoms with Gasteiger partial charge in [0.1, 0.15) is 12.0 Å². The summed E-state index contributed by atoms with van der Waals surface area (Å²) in [5.41, 5.74) is 1.39. The van der Waals surface area contributed by atoms with Crippen LogP contribution in [-0.2, 0) is 41.1 Å². The van der Waals surface area contributed by atoms with Crippen molar-refractivity contribution in [3.63, 3.8) is 0 Å². The molecule has 2 aromatic carbocycles. The molecule has 18 nitrogen and oxygen atoms in total. The maximum absolute atomic E-state index is 12.5. The van der Waals surface area contributed by atoms with Crippen LogP contribution in [0.5, 0.6) is 0 Å². The van der Waals surface area contributed by atoms with E-state index < -0.39 is 60.3 Å². The number of hydrogen-bond donors (Lipinski definition) is 8. The fraction of sp³-hybridized carbons (Fsp3) is 0.438. The molecule has 1 heterocycles. The molecule has 2 aromatic rings. The van der Waals surface area contributed by atoms with Crippen LogP contribution in [0.4, 0.5) is 0 Å². The summed E-state index contributed by atoms with van der Waals surface area (Å²) < 4.78 is 59.4. The van der Waals surface area contributed by atoms with Crippen LogP contribution >= 0.6 is 45.1 Å². The molecule has 1 aliphatic heterocycles. The Morgan fingerprint density at radius 2 is 1.50 bits per heavy atom. The molecule has 0 aliphatic carbocycles. The second-order valence-electron chi connectivity index (χ2n) is 12.7. The SMILES string of the molecule is CC(C)(CNC(=O)CCCCNC(=O)c1ccc(B(O)O)cc1)SSCOC1C[C@H](c2ccccccccc2)O[C@@H]1COP(=O)(O)OP(=O)(O)OP(=O)(O)O. The number of nitrogens with one attached hydrogen (secondary N) is 2. The second kappa shape index (κ2) is 22.9. The lowest BCUT2D eigenvalue weighted by molar-refractivity contribution is -0.121. The zero-order valence-corrected chi connectivity index (χ0v) is 34.7. The highest BCUT2D eigenvalue weighted by Gasteiger charge is 2.43. The first kappa shape index (κ1) is 48.2. The number of amides is 2. The molecular formula is C32H46BN2O16P3S2. The summed E-state index contributed by atoms with van der Waals surface area (Å²) in [6.07, 6.45) is -0.604. The van der Waals surface area contributed by atoms with Crippen LogP contribution in [0.15, 0.2) is 78.9 Å². The van der Waals surface area contributed by atoms with Crippen molar-refractivity contribution in [1.29, 1.82) is 0 Å². The van der Waals surface area contributed by atoms with E-state index in [-0.39, 0.29) is 36.1 Å². The molecule has 1 saturated heterocycles. The first-order chi connectivity index (χ1) is 26.2. The average molecular weight is 883 g/mol. The van der Waals surface area contributed by atoms with Gasteiger partial charge in [0.2, 0.25) is 5.91 Å². The minimum atomic E-state index is -5.71. The van der Waals surface area contributed by atoms with Crippen LogP contribution in [0, 0.1) is 0 Å². The molecule has 3 rings (SSSR count). The smallest absolute Gasteiger partial charge is 0.423 e. The van der Waals surface area contributed by atoms with Gasteiger partial charge < -0.3 is 49.7 Å². The number of hydrogen-bond acceptors (Lipinski definition) is 14. The number of ether oxygens (including phenoxy) is 2. The Balaban J connectivity index is 1.47. The highest BCUT2D eigenvalue weighted by Crippen LogP contribution is 2.66. The molecule has 5 atom stereocenters. The van der Waals surface area contributed by atoms with E-state index in [2.05, 4.69) is 19.3 Å². The van der Waals surface area contributed by atoms with Gasteiger partial charge in [-0.25, -0.2) is 13.7 Å². The number of carbonyl (C=O) groups excluding carboxylic acids is 2. The summed E-state index contributed by atoms with van der Waals surface area (Å²) in [6.45, 7) is 3.90. The average Bonchev–Trinajstić information content (AvgIpc) is 3.51. The predicted molar refractivity (Wildman–Crippen MR) is 211 cm³/mol. The molecule has 310 valence electrons. The first-order valence-corrected chi connectivity index (χ1v) is 23.8. The molecule has 2 amide bonds. The van der Waals surface area contributed by atoms with Crippen LogP contribution in [-0.4, -0.2) is 91.1 Å². The van der Waals surface area contributed by atoms with E-state index in [1.165, 1.54) is 45.9 Å². The van der Waals surface area contributed by atoms with Crippen molar-refractivity contribution in [2.24, 2.45) is 0 Å². The normalized spacial score (nSPS) is 19.2. The molecule has 1 fully saturated rings. The number of unbranched alkanes of at least 4 members (excludes halogenated alkanes) is 1. The highest BCUT2D eigenvalue weighted by atomic mass is 33.1. The molecule has 3 unspecified atom stereocenters. The highest BCUT2D eigenvalue weighted by molar-refractivity contribution is 8.77.